The van der Waals surface area contributed by atoms with Crippen LogP contribution in [-0.4, -0.2) is 17.1 Å². The van der Waals surface area contributed by atoms with Crippen LogP contribution in [0.3, 0.4) is 0 Å². The largest absolute Gasteiger partial charge is 0.380 e. The first-order valence-corrected chi connectivity index (χ1v) is 7.67. The molecule has 0 fully saturated rings. The molecule has 92 valence electrons. The second-order valence-corrected chi connectivity index (χ2v) is 5.85. The number of unbranched alkanes of at least 4 members (excludes halogenated alkanes) is 5. The zero-order valence-corrected chi connectivity index (χ0v) is 12.8. The van der Waals surface area contributed by atoms with Crippen molar-refractivity contribution in [3.8, 4) is 0 Å². The lowest BCUT2D eigenvalue weighted by Crippen LogP contribution is -2.21. The fraction of sp³-hybridized carbons (Fsp3) is 1.00. The van der Waals surface area contributed by atoms with Crippen molar-refractivity contribution in [3.05, 3.63) is 0 Å². The molecule has 0 aromatic carbocycles. The molecule has 0 aliphatic heterocycles. The first-order chi connectivity index (χ1) is 7.26. The molecule has 0 heterocycles. The van der Waals surface area contributed by atoms with E-state index < -0.39 is 0 Å². The van der Waals surface area contributed by atoms with Gasteiger partial charge in [0.05, 0.1) is 6.10 Å². The quantitative estimate of drug-likeness (QED) is 0.313. The number of alkyl halides is 1. The van der Waals surface area contributed by atoms with Gasteiger partial charge < -0.3 is 4.74 Å². The highest BCUT2D eigenvalue weighted by Crippen LogP contribution is 2.20. The predicted octanol–water partition coefficient (Wildman–Crippen LogP) is 4.97. The third kappa shape index (κ3) is 8.49. The summed E-state index contributed by atoms with van der Waals surface area (Å²) >= 11 is 2.55. The topological polar surface area (TPSA) is 9.23 Å². The molecule has 0 rings (SSSR count). The van der Waals surface area contributed by atoms with Gasteiger partial charge in [-0.25, -0.2) is 0 Å². The van der Waals surface area contributed by atoms with Crippen LogP contribution >= 0.6 is 22.6 Å². The lowest BCUT2D eigenvalue weighted by atomic mass is 10.1. The van der Waals surface area contributed by atoms with Crippen LogP contribution in [0.2, 0.25) is 0 Å². The highest BCUT2D eigenvalue weighted by atomic mass is 127. The van der Waals surface area contributed by atoms with Gasteiger partial charge >= 0.3 is 0 Å². The van der Waals surface area contributed by atoms with Gasteiger partial charge in [0.2, 0.25) is 0 Å². The Hall–Kier alpha value is 0.690. The maximum Gasteiger partial charge on any atom is 0.0686 e. The summed E-state index contributed by atoms with van der Waals surface area (Å²) in [4.78, 5) is 0. The van der Waals surface area contributed by atoms with E-state index in [1.54, 1.807) is 0 Å². The summed E-state index contributed by atoms with van der Waals surface area (Å²) in [6.07, 6.45) is 11.3. The molecule has 0 amide bonds. The standard InChI is InChI=1S/C13H27IO/c1-4-6-7-8-9-10-11-12(14)13(5-2)15-3/h12-13H,4-11H2,1-3H3/t12-,13+/m1/s1. The maximum atomic E-state index is 5.45. The summed E-state index contributed by atoms with van der Waals surface area (Å²) in [5.74, 6) is 0. The van der Waals surface area contributed by atoms with Gasteiger partial charge in [0.15, 0.2) is 0 Å². The molecule has 2 atom stereocenters. The molecule has 15 heavy (non-hydrogen) atoms. The molecule has 0 spiro atoms. The summed E-state index contributed by atoms with van der Waals surface area (Å²) in [6.45, 7) is 4.48. The summed E-state index contributed by atoms with van der Waals surface area (Å²) in [7, 11) is 1.83. The monoisotopic (exact) mass is 326 g/mol. The minimum atomic E-state index is 0.459. The van der Waals surface area contributed by atoms with Gasteiger partial charge in [-0.3, -0.25) is 0 Å². The summed E-state index contributed by atoms with van der Waals surface area (Å²) in [5, 5.41) is 0. The van der Waals surface area contributed by atoms with E-state index in [2.05, 4.69) is 36.4 Å². The van der Waals surface area contributed by atoms with Gasteiger partial charge in [-0.15, -0.1) is 0 Å². The van der Waals surface area contributed by atoms with Crippen LogP contribution in [-0.2, 0) is 4.74 Å². The minimum absolute atomic E-state index is 0.459. The third-order valence-corrected chi connectivity index (χ3v) is 4.37. The van der Waals surface area contributed by atoms with Crippen LogP contribution < -0.4 is 0 Å². The van der Waals surface area contributed by atoms with Crippen molar-refractivity contribution in [1.29, 1.82) is 0 Å². The Morgan fingerprint density at radius 1 is 1.00 bits per heavy atom. The van der Waals surface area contributed by atoms with Crippen molar-refractivity contribution in [2.24, 2.45) is 0 Å². The predicted molar refractivity (Wildman–Crippen MR) is 76.9 cm³/mol. The van der Waals surface area contributed by atoms with E-state index in [0.29, 0.717) is 10.0 Å². The molecule has 0 radical (unpaired) electrons. The zero-order chi connectivity index (χ0) is 11.5. The molecule has 0 unspecified atom stereocenters. The van der Waals surface area contributed by atoms with Crippen molar-refractivity contribution >= 4 is 22.6 Å². The van der Waals surface area contributed by atoms with E-state index in [0.717, 1.165) is 6.42 Å². The van der Waals surface area contributed by atoms with Crippen molar-refractivity contribution in [1.82, 2.24) is 0 Å². The van der Waals surface area contributed by atoms with Gasteiger partial charge in [-0.05, 0) is 12.8 Å². The van der Waals surface area contributed by atoms with Gasteiger partial charge in [0.25, 0.3) is 0 Å². The van der Waals surface area contributed by atoms with Crippen LogP contribution in [0.4, 0.5) is 0 Å². The second-order valence-electron chi connectivity index (χ2n) is 4.25. The number of rotatable bonds is 10. The maximum absolute atomic E-state index is 5.45. The average Bonchev–Trinajstić information content (AvgIpc) is 2.25. The van der Waals surface area contributed by atoms with Crippen LogP contribution in [0, 0.1) is 0 Å². The molecular formula is C13H27IO. The summed E-state index contributed by atoms with van der Waals surface area (Å²) in [5.41, 5.74) is 0. The van der Waals surface area contributed by atoms with Crippen LogP contribution in [0.5, 0.6) is 0 Å². The third-order valence-electron chi connectivity index (χ3n) is 2.94. The number of methoxy groups -OCH3 is 1. The summed E-state index contributed by atoms with van der Waals surface area (Å²) < 4.78 is 6.15. The van der Waals surface area contributed by atoms with Gasteiger partial charge in [0, 0.05) is 11.0 Å². The van der Waals surface area contributed by atoms with Crippen molar-refractivity contribution in [3.63, 3.8) is 0 Å². The Labute approximate surface area is 109 Å². The smallest absolute Gasteiger partial charge is 0.0686 e. The molecule has 2 heteroatoms. The lowest BCUT2D eigenvalue weighted by molar-refractivity contribution is 0.0984. The first kappa shape index (κ1) is 15.7. The molecule has 0 saturated heterocycles. The highest BCUT2D eigenvalue weighted by Gasteiger charge is 2.15. The number of hydrogen-bond acceptors (Lipinski definition) is 1. The Morgan fingerprint density at radius 2 is 1.60 bits per heavy atom. The lowest BCUT2D eigenvalue weighted by Gasteiger charge is -2.19. The molecular weight excluding hydrogens is 299 g/mol. The van der Waals surface area contributed by atoms with Crippen LogP contribution in [0.25, 0.3) is 0 Å². The number of ether oxygens (including phenoxy) is 1. The second kappa shape index (κ2) is 11.2. The van der Waals surface area contributed by atoms with Crippen molar-refractivity contribution in [2.45, 2.75) is 75.2 Å². The van der Waals surface area contributed by atoms with E-state index in [1.165, 1.54) is 44.9 Å². The van der Waals surface area contributed by atoms with Gasteiger partial charge in [0.1, 0.15) is 0 Å². The molecule has 0 bridgehead atoms. The van der Waals surface area contributed by atoms with Crippen molar-refractivity contribution in [2.75, 3.05) is 7.11 Å². The molecule has 0 aromatic heterocycles. The fourth-order valence-corrected chi connectivity index (χ4v) is 3.12. The molecule has 1 nitrogen and oxygen atoms in total. The van der Waals surface area contributed by atoms with E-state index in [9.17, 15) is 0 Å². The molecule has 0 N–H and O–H groups in total. The Balaban J connectivity index is 3.33. The minimum Gasteiger partial charge on any atom is -0.380 e. The zero-order valence-electron chi connectivity index (χ0n) is 10.6. The van der Waals surface area contributed by atoms with E-state index in [-0.39, 0.29) is 0 Å². The van der Waals surface area contributed by atoms with Gasteiger partial charge in [-0.2, -0.15) is 0 Å². The SMILES string of the molecule is CCCCCCCC[C@@H](I)[C@H](CC)OC. The molecule has 0 aliphatic carbocycles. The molecule has 0 aliphatic rings. The Morgan fingerprint density at radius 3 is 2.13 bits per heavy atom. The number of hydrogen-bond donors (Lipinski definition) is 0. The van der Waals surface area contributed by atoms with E-state index >= 15 is 0 Å². The normalized spacial score (nSPS) is 15.2. The van der Waals surface area contributed by atoms with E-state index in [4.69, 9.17) is 4.74 Å². The van der Waals surface area contributed by atoms with E-state index in [1.807, 2.05) is 7.11 Å². The molecule has 0 aromatic rings. The number of halogens is 1. The highest BCUT2D eigenvalue weighted by molar-refractivity contribution is 14.1. The Kier molecular flexibility index (Phi) is 11.7. The van der Waals surface area contributed by atoms with Gasteiger partial charge in [-0.1, -0.05) is 75.0 Å². The first-order valence-electron chi connectivity index (χ1n) is 6.43. The summed E-state index contributed by atoms with van der Waals surface area (Å²) in [6, 6.07) is 0. The van der Waals surface area contributed by atoms with Crippen LogP contribution in [0.1, 0.15) is 65.2 Å². The average molecular weight is 326 g/mol. The van der Waals surface area contributed by atoms with Crippen LogP contribution in [0.15, 0.2) is 0 Å². The van der Waals surface area contributed by atoms with Crippen molar-refractivity contribution < 1.29 is 4.74 Å². The molecule has 0 saturated carbocycles. The Bertz CT molecular complexity index is 124. The fourth-order valence-electron chi connectivity index (χ4n) is 1.88.